The van der Waals surface area contributed by atoms with Crippen LogP contribution in [0.5, 0.6) is 0 Å². The summed E-state index contributed by atoms with van der Waals surface area (Å²) in [5, 5.41) is -7.48. The third kappa shape index (κ3) is 4.28. The van der Waals surface area contributed by atoms with Gasteiger partial charge in [-0.15, -0.1) is 0 Å². The van der Waals surface area contributed by atoms with Crippen LogP contribution in [0.2, 0.25) is 0 Å². The number of rotatable bonds is 3. The Kier molecular flexibility index (Phi) is 2.50. The summed E-state index contributed by atoms with van der Waals surface area (Å²) >= 11 is 0. The molecule has 1 nitrogen and oxygen atoms in total. The number of fused-ring (bicyclic) bond motifs is 9. The van der Waals surface area contributed by atoms with E-state index in [4.69, 9.17) is 29.1 Å². The van der Waals surface area contributed by atoms with Crippen LogP contribution in [0.3, 0.4) is 0 Å². The molecular weight excluding hydrogens is 617 g/mol. The minimum atomic E-state index is -1.10. The fourth-order valence-corrected chi connectivity index (χ4v) is 6.31. The molecule has 0 aliphatic carbocycles. The predicted molar refractivity (Wildman–Crippen MR) is 218 cm³/mol. The molecule has 0 saturated carbocycles. The first-order chi connectivity index (χ1) is 37.8. The molecule has 0 atom stereocenters. The van der Waals surface area contributed by atoms with Gasteiger partial charge >= 0.3 is 0 Å². The summed E-state index contributed by atoms with van der Waals surface area (Å²) < 4.78 is 278. The molecule has 0 fully saturated rings. The molecule has 51 heavy (non-hydrogen) atoms. The maximum absolute atomic E-state index is 9.86. The quantitative estimate of drug-likeness (QED) is 0.170. The molecule has 0 radical (unpaired) electrons. The van der Waals surface area contributed by atoms with Gasteiger partial charge in [0.05, 0.1) is 41.1 Å². The Hall–Kier alpha value is -6.70. The first-order valence-electron chi connectivity index (χ1n) is 30.2. The van der Waals surface area contributed by atoms with Crippen LogP contribution < -0.4 is 0 Å². The predicted octanol–water partition coefficient (Wildman–Crippen LogP) is 14.4. The van der Waals surface area contributed by atoms with Crippen LogP contribution in [0.4, 0.5) is 0 Å². The summed E-state index contributed by atoms with van der Waals surface area (Å²) in [5.41, 5.74) is -5.78. The molecule has 10 aromatic carbocycles. The van der Waals surface area contributed by atoms with Gasteiger partial charge in [-0.1, -0.05) is 157 Å². The van der Waals surface area contributed by atoms with Gasteiger partial charge in [0.1, 0.15) is 11.2 Å². The number of benzene rings is 10. The normalized spacial score (nSPS) is 20.2. The Morgan fingerprint density at radius 1 is 0.333 bits per heavy atom. The van der Waals surface area contributed by atoms with E-state index in [2.05, 4.69) is 0 Å². The third-order valence-corrected chi connectivity index (χ3v) is 8.50. The van der Waals surface area contributed by atoms with Crippen molar-refractivity contribution >= 4 is 75.8 Å². The van der Waals surface area contributed by atoms with Crippen molar-refractivity contribution < 1.29 is 45.5 Å². The molecule has 0 bridgehead atoms. The Bertz CT molecular complexity index is 4850. The summed E-state index contributed by atoms with van der Waals surface area (Å²) in [7, 11) is 0. The highest BCUT2D eigenvalue weighted by atomic mass is 16.3. The summed E-state index contributed by atoms with van der Waals surface area (Å²) in [6.45, 7) is 0. The molecule has 1 aromatic heterocycles. The molecule has 1 heterocycles. The van der Waals surface area contributed by atoms with Crippen molar-refractivity contribution in [1.82, 2.24) is 0 Å². The summed E-state index contributed by atoms with van der Waals surface area (Å²) in [4.78, 5) is 0. The van der Waals surface area contributed by atoms with Gasteiger partial charge in [-0.3, -0.25) is 0 Å². The zero-order chi connectivity index (χ0) is 59.6. The minimum absolute atomic E-state index is 0.363. The standard InChI is InChI=1S/C50H30O/c1-2-12-33-29-37(24-20-31(33)10-1)47-41-14-5-7-16-43(41)48(44-17-8-6-15-42(44)47)38-25-22-34-28-36(23-21-35(34)30-38)40-18-9-19-45-49-39-13-4-3-11-32(39)26-27-46(49)51-50(40)45/h1-30H/i1D,2D,3D,4D,5D,6D,7D,8D,9D,10D,11D,12D,13D,14D,15D,16D,17D,18D,19D,20D,21D,22D,23D,24D,25D,26D,27D,28D,29D,30D. The van der Waals surface area contributed by atoms with E-state index in [0.717, 1.165) is 0 Å². The van der Waals surface area contributed by atoms with Crippen molar-refractivity contribution in [3.8, 4) is 33.4 Å². The Balaban J connectivity index is 1.33. The average Bonchev–Trinajstić information content (AvgIpc) is 3.90. The fourth-order valence-electron chi connectivity index (χ4n) is 6.31. The van der Waals surface area contributed by atoms with Crippen molar-refractivity contribution in [2.75, 3.05) is 0 Å². The number of furan rings is 1. The molecule has 236 valence electrons. The van der Waals surface area contributed by atoms with Crippen molar-refractivity contribution in [3.63, 3.8) is 0 Å². The van der Waals surface area contributed by atoms with E-state index >= 15 is 0 Å². The highest BCUT2D eigenvalue weighted by Crippen LogP contribution is 2.45. The number of hydrogen-bond acceptors (Lipinski definition) is 1. The first-order valence-corrected chi connectivity index (χ1v) is 15.2. The molecular formula is C50H30O. The van der Waals surface area contributed by atoms with Gasteiger partial charge in [0, 0.05) is 16.3 Å². The van der Waals surface area contributed by atoms with Gasteiger partial charge in [0.2, 0.25) is 0 Å². The smallest absolute Gasteiger partial charge is 0.143 e. The molecule has 0 N–H and O–H groups in total. The molecule has 11 aromatic rings. The van der Waals surface area contributed by atoms with Crippen LogP contribution in [0.25, 0.3) is 109 Å². The van der Waals surface area contributed by atoms with Crippen molar-refractivity contribution in [2.24, 2.45) is 0 Å². The topological polar surface area (TPSA) is 13.1 Å². The summed E-state index contributed by atoms with van der Waals surface area (Å²) in [6, 6.07) is -27.6. The second kappa shape index (κ2) is 10.9. The van der Waals surface area contributed by atoms with E-state index in [1.165, 1.54) is 0 Å². The van der Waals surface area contributed by atoms with Crippen LogP contribution >= 0.6 is 0 Å². The summed E-state index contributed by atoms with van der Waals surface area (Å²) in [6.07, 6.45) is 0. The van der Waals surface area contributed by atoms with Crippen molar-refractivity contribution in [3.05, 3.63) is 181 Å². The van der Waals surface area contributed by atoms with E-state index < -0.39 is 285 Å². The van der Waals surface area contributed by atoms with Crippen LogP contribution in [0, 0.1) is 0 Å². The zero-order valence-electron chi connectivity index (χ0n) is 55.4. The van der Waals surface area contributed by atoms with Crippen LogP contribution in [-0.4, -0.2) is 0 Å². The maximum atomic E-state index is 9.86. The largest absolute Gasteiger partial charge is 0.455 e. The molecule has 0 saturated heterocycles. The van der Waals surface area contributed by atoms with Gasteiger partial charge in [-0.2, -0.15) is 0 Å². The first kappa shape index (κ1) is 11.7. The second-order valence-electron chi connectivity index (χ2n) is 11.3. The van der Waals surface area contributed by atoms with Crippen molar-refractivity contribution in [2.45, 2.75) is 0 Å². The number of para-hydroxylation sites is 1. The Morgan fingerprint density at radius 3 is 1.43 bits per heavy atom. The minimum Gasteiger partial charge on any atom is -0.455 e. The molecule has 0 spiro atoms. The fraction of sp³-hybridized carbons (Fsp3) is 0. The Morgan fingerprint density at radius 2 is 0.784 bits per heavy atom. The second-order valence-corrected chi connectivity index (χ2v) is 11.3. The molecule has 1 heteroatoms. The number of hydrogen-bond donors (Lipinski definition) is 0. The molecule has 0 amide bonds. The molecule has 0 unspecified atom stereocenters. The lowest BCUT2D eigenvalue weighted by Crippen LogP contribution is -1.91. The van der Waals surface area contributed by atoms with E-state index in [0.29, 0.717) is 0 Å². The van der Waals surface area contributed by atoms with Gasteiger partial charge in [0.15, 0.2) is 0 Å². The van der Waals surface area contributed by atoms with Crippen molar-refractivity contribution in [1.29, 1.82) is 0 Å². The lowest BCUT2D eigenvalue weighted by molar-refractivity contribution is 0.670. The Labute approximate surface area is 336 Å². The average molecular weight is 677 g/mol. The van der Waals surface area contributed by atoms with Gasteiger partial charge in [-0.05, 0) is 106 Å². The maximum Gasteiger partial charge on any atom is 0.143 e. The monoisotopic (exact) mass is 676 g/mol. The van der Waals surface area contributed by atoms with Gasteiger partial charge in [0.25, 0.3) is 0 Å². The third-order valence-electron chi connectivity index (χ3n) is 8.50. The van der Waals surface area contributed by atoms with E-state index in [9.17, 15) is 16.4 Å². The molecule has 0 aliphatic heterocycles. The van der Waals surface area contributed by atoms with Gasteiger partial charge in [-0.25, -0.2) is 0 Å². The highest BCUT2D eigenvalue weighted by Gasteiger charge is 2.18. The van der Waals surface area contributed by atoms with Crippen LogP contribution in [-0.2, 0) is 0 Å². The van der Waals surface area contributed by atoms with E-state index in [-0.39, 0.29) is 5.39 Å². The SMILES string of the molecule is [2H]c1c([2H])c([2H])c2c(oc3c([2H])c([2H])c4c([2H])c([2H])c([2H])c([2H])c4c32)c1-c1c([2H])c([2H])c2c([2H])c(-c3c4c([2H])c([2H])c([2H])c([2H])c4c(-c4c([2H])c([2H])c5c([2H])c([2H])c([2H])c([2H])c5c4[2H])c4c([2H])c([2H])c([2H])c([2H])c34)c([2H])c([2H])c2c1[2H]. The molecule has 0 aliphatic rings. The van der Waals surface area contributed by atoms with Gasteiger partial charge < -0.3 is 4.42 Å². The van der Waals surface area contributed by atoms with Crippen LogP contribution in [0.15, 0.2) is 186 Å². The summed E-state index contributed by atoms with van der Waals surface area (Å²) in [5.74, 6) is 0. The lowest BCUT2D eigenvalue weighted by atomic mass is 9.85. The van der Waals surface area contributed by atoms with E-state index in [1.807, 2.05) is 0 Å². The van der Waals surface area contributed by atoms with E-state index in [1.54, 1.807) is 0 Å². The lowest BCUT2D eigenvalue weighted by Gasteiger charge is -2.18. The zero-order valence-corrected chi connectivity index (χ0v) is 25.4. The van der Waals surface area contributed by atoms with Crippen LogP contribution in [0.1, 0.15) is 41.1 Å². The molecule has 11 rings (SSSR count). The highest BCUT2D eigenvalue weighted by molar-refractivity contribution is 6.23.